The molecular weight excluding hydrogens is 168 g/mol. The van der Waals surface area contributed by atoms with Gasteiger partial charge in [-0.1, -0.05) is 0 Å². The molecule has 1 unspecified atom stereocenters. The Hall–Kier alpha value is -0.830. The van der Waals surface area contributed by atoms with Crippen LogP contribution in [0.5, 0.6) is 0 Å². The second kappa shape index (κ2) is 2.84. The fourth-order valence-corrected chi connectivity index (χ4v) is 2.24. The van der Waals surface area contributed by atoms with E-state index in [2.05, 4.69) is 0 Å². The van der Waals surface area contributed by atoms with Gasteiger partial charge in [-0.2, -0.15) is 0 Å². The van der Waals surface area contributed by atoms with E-state index in [4.69, 9.17) is 9.47 Å². The van der Waals surface area contributed by atoms with Gasteiger partial charge in [0.2, 0.25) is 5.78 Å². The van der Waals surface area contributed by atoms with Crippen molar-refractivity contribution in [1.82, 2.24) is 0 Å². The van der Waals surface area contributed by atoms with Gasteiger partial charge in [-0.05, 0) is 13.8 Å². The minimum absolute atomic E-state index is 0.0921. The van der Waals surface area contributed by atoms with E-state index in [0.29, 0.717) is 12.8 Å². The van der Waals surface area contributed by atoms with Crippen LogP contribution in [0.1, 0.15) is 26.7 Å². The summed E-state index contributed by atoms with van der Waals surface area (Å²) in [7, 11) is 0. The highest BCUT2D eigenvalue weighted by Crippen LogP contribution is 2.36. The van der Waals surface area contributed by atoms with Crippen molar-refractivity contribution in [3.8, 4) is 0 Å². The van der Waals surface area contributed by atoms with Crippen LogP contribution in [-0.2, 0) is 14.3 Å². The van der Waals surface area contributed by atoms with Crippen LogP contribution >= 0.6 is 0 Å². The largest absolute Gasteiger partial charge is 0.486 e. The van der Waals surface area contributed by atoms with E-state index in [1.165, 1.54) is 12.3 Å². The van der Waals surface area contributed by atoms with E-state index in [1.54, 1.807) is 0 Å². The van der Waals surface area contributed by atoms with Crippen molar-refractivity contribution in [2.45, 2.75) is 44.5 Å². The van der Waals surface area contributed by atoms with E-state index >= 15 is 0 Å². The van der Waals surface area contributed by atoms with E-state index in [-0.39, 0.29) is 18.0 Å². The maximum absolute atomic E-state index is 11.6. The van der Waals surface area contributed by atoms with Crippen molar-refractivity contribution in [3.63, 3.8) is 0 Å². The van der Waals surface area contributed by atoms with Crippen LogP contribution < -0.4 is 0 Å². The molecule has 13 heavy (non-hydrogen) atoms. The Labute approximate surface area is 77.7 Å². The predicted molar refractivity (Wildman–Crippen MR) is 47.2 cm³/mol. The molecule has 0 aromatic rings. The van der Waals surface area contributed by atoms with Crippen molar-refractivity contribution in [2.24, 2.45) is 0 Å². The molecular formula is C10H14O3. The lowest BCUT2D eigenvalue weighted by Gasteiger charge is -2.38. The molecule has 0 radical (unpaired) electrons. The van der Waals surface area contributed by atoms with Crippen molar-refractivity contribution in [2.75, 3.05) is 0 Å². The standard InChI is InChI=1S/C10H14O3/c1-7-5-10(6-8(2)13-7)9(11)3-4-12-10/h3-4,7-8H,5-6H2,1-2H3/t7-,8+,10?. The molecule has 1 spiro atoms. The number of hydrogen-bond donors (Lipinski definition) is 0. The second-order valence-corrected chi connectivity index (χ2v) is 3.94. The monoisotopic (exact) mass is 182 g/mol. The number of ketones is 1. The molecule has 2 aliphatic heterocycles. The maximum atomic E-state index is 11.6. The summed E-state index contributed by atoms with van der Waals surface area (Å²) < 4.78 is 11.0. The summed E-state index contributed by atoms with van der Waals surface area (Å²) in [4.78, 5) is 11.6. The van der Waals surface area contributed by atoms with Gasteiger partial charge in [0.1, 0.15) is 0 Å². The third-order valence-electron chi connectivity index (χ3n) is 2.66. The van der Waals surface area contributed by atoms with Crippen molar-refractivity contribution in [1.29, 1.82) is 0 Å². The molecule has 0 aromatic heterocycles. The first-order chi connectivity index (χ1) is 6.12. The second-order valence-electron chi connectivity index (χ2n) is 3.94. The zero-order valence-corrected chi connectivity index (χ0v) is 7.95. The van der Waals surface area contributed by atoms with Crippen LogP contribution in [0, 0.1) is 0 Å². The van der Waals surface area contributed by atoms with Crippen molar-refractivity contribution < 1.29 is 14.3 Å². The minimum atomic E-state index is -0.600. The number of ether oxygens (including phenoxy) is 2. The zero-order chi connectivity index (χ0) is 9.47. The van der Waals surface area contributed by atoms with Gasteiger partial charge in [0.15, 0.2) is 5.60 Å². The Morgan fingerprint density at radius 1 is 1.38 bits per heavy atom. The molecule has 3 heteroatoms. The van der Waals surface area contributed by atoms with Crippen LogP contribution in [0.15, 0.2) is 12.3 Å². The molecule has 2 aliphatic rings. The topological polar surface area (TPSA) is 35.5 Å². The Kier molecular flexibility index (Phi) is 1.91. The highest BCUT2D eigenvalue weighted by molar-refractivity contribution is 5.98. The first-order valence-corrected chi connectivity index (χ1v) is 4.67. The van der Waals surface area contributed by atoms with Gasteiger partial charge >= 0.3 is 0 Å². The minimum Gasteiger partial charge on any atom is -0.486 e. The smallest absolute Gasteiger partial charge is 0.202 e. The average Bonchev–Trinajstić information content (AvgIpc) is 2.30. The Morgan fingerprint density at radius 3 is 2.46 bits per heavy atom. The SMILES string of the molecule is C[C@@H]1CC2(C[C@H](C)O1)OC=CC2=O. The van der Waals surface area contributed by atoms with Gasteiger partial charge in [0.25, 0.3) is 0 Å². The van der Waals surface area contributed by atoms with E-state index in [0.717, 1.165) is 0 Å². The molecule has 3 atom stereocenters. The first kappa shape index (κ1) is 8.75. The van der Waals surface area contributed by atoms with Crippen LogP contribution in [0.3, 0.4) is 0 Å². The van der Waals surface area contributed by atoms with E-state index in [9.17, 15) is 4.79 Å². The van der Waals surface area contributed by atoms with Gasteiger partial charge in [0.05, 0.1) is 18.5 Å². The zero-order valence-electron chi connectivity index (χ0n) is 7.95. The molecule has 0 amide bonds. The van der Waals surface area contributed by atoms with Crippen molar-refractivity contribution >= 4 is 5.78 Å². The molecule has 1 saturated heterocycles. The lowest BCUT2D eigenvalue weighted by molar-refractivity contribution is -0.154. The van der Waals surface area contributed by atoms with Gasteiger partial charge in [-0.15, -0.1) is 0 Å². The summed E-state index contributed by atoms with van der Waals surface area (Å²) in [6.45, 7) is 3.96. The Balaban J connectivity index is 2.18. The molecule has 1 fully saturated rings. The number of hydrogen-bond acceptors (Lipinski definition) is 3. The van der Waals surface area contributed by atoms with E-state index < -0.39 is 5.60 Å². The fraction of sp³-hybridized carbons (Fsp3) is 0.700. The van der Waals surface area contributed by atoms with Crippen LogP contribution in [0.25, 0.3) is 0 Å². The highest BCUT2D eigenvalue weighted by atomic mass is 16.5. The van der Waals surface area contributed by atoms with Gasteiger partial charge in [-0.3, -0.25) is 4.79 Å². The van der Waals surface area contributed by atoms with Crippen LogP contribution in [0.4, 0.5) is 0 Å². The predicted octanol–water partition coefficient (Wildman–Crippen LogP) is 1.43. The highest BCUT2D eigenvalue weighted by Gasteiger charge is 2.47. The molecule has 72 valence electrons. The summed E-state index contributed by atoms with van der Waals surface area (Å²) in [5.74, 6) is 0.0921. The maximum Gasteiger partial charge on any atom is 0.202 e. The number of rotatable bonds is 0. The van der Waals surface area contributed by atoms with Crippen LogP contribution in [-0.4, -0.2) is 23.6 Å². The van der Waals surface area contributed by atoms with E-state index in [1.807, 2.05) is 13.8 Å². The normalized spacial score (nSPS) is 44.0. The van der Waals surface area contributed by atoms with Gasteiger partial charge in [0, 0.05) is 18.9 Å². The fourth-order valence-electron chi connectivity index (χ4n) is 2.24. The van der Waals surface area contributed by atoms with Gasteiger partial charge in [-0.25, -0.2) is 0 Å². The summed E-state index contributed by atoms with van der Waals surface area (Å²) in [6.07, 6.45) is 4.57. The average molecular weight is 182 g/mol. The number of carbonyl (C=O) groups excluding carboxylic acids is 1. The Bertz CT molecular complexity index is 247. The summed E-state index contributed by atoms with van der Waals surface area (Å²) >= 11 is 0. The number of carbonyl (C=O) groups is 1. The quantitative estimate of drug-likeness (QED) is 0.568. The molecule has 0 bridgehead atoms. The summed E-state index contributed by atoms with van der Waals surface area (Å²) in [6, 6.07) is 0. The third-order valence-corrected chi connectivity index (χ3v) is 2.66. The summed E-state index contributed by atoms with van der Waals surface area (Å²) in [5.41, 5.74) is -0.600. The van der Waals surface area contributed by atoms with Gasteiger partial charge < -0.3 is 9.47 Å². The third kappa shape index (κ3) is 1.37. The molecule has 2 rings (SSSR count). The lowest BCUT2D eigenvalue weighted by atomic mass is 9.85. The Morgan fingerprint density at radius 2 is 2.00 bits per heavy atom. The molecule has 0 N–H and O–H groups in total. The molecule has 0 saturated carbocycles. The molecule has 2 heterocycles. The summed E-state index contributed by atoms with van der Waals surface area (Å²) in [5, 5.41) is 0. The van der Waals surface area contributed by atoms with Crippen molar-refractivity contribution in [3.05, 3.63) is 12.3 Å². The molecule has 3 nitrogen and oxygen atoms in total. The lowest BCUT2D eigenvalue weighted by Crippen LogP contribution is -2.47. The first-order valence-electron chi connectivity index (χ1n) is 4.67. The van der Waals surface area contributed by atoms with Crippen LogP contribution in [0.2, 0.25) is 0 Å². The molecule has 0 aromatic carbocycles. The molecule has 0 aliphatic carbocycles.